The molecule has 0 saturated heterocycles. The second-order valence-corrected chi connectivity index (χ2v) is 7.51. The van der Waals surface area contributed by atoms with Crippen LogP contribution in [0.5, 0.6) is 5.75 Å². The van der Waals surface area contributed by atoms with Crippen molar-refractivity contribution in [1.29, 1.82) is 5.26 Å². The van der Waals surface area contributed by atoms with Crippen molar-refractivity contribution in [3.8, 4) is 11.8 Å². The number of rotatable bonds is 6. The molecule has 6 heteroatoms. The Morgan fingerprint density at radius 2 is 2.30 bits per heavy atom. The molecule has 0 saturated carbocycles. The van der Waals surface area contributed by atoms with Gasteiger partial charge in [-0.3, -0.25) is 4.79 Å². The summed E-state index contributed by atoms with van der Waals surface area (Å²) in [4.78, 5) is 13.5. The Morgan fingerprint density at radius 1 is 1.48 bits per heavy atom. The van der Waals surface area contributed by atoms with E-state index in [-0.39, 0.29) is 18.4 Å². The van der Waals surface area contributed by atoms with E-state index in [4.69, 9.17) is 4.74 Å². The number of fused-ring (bicyclic) bond motifs is 1. The lowest BCUT2D eigenvalue weighted by Crippen LogP contribution is -2.16. The van der Waals surface area contributed by atoms with Crippen LogP contribution in [0.4, 0.5) is 5.00 Å². The van der Waals surface area contributed by atoms with Gasteiger partial charge >= 0.3 is 0 Å². The fourth-order valence-corrected chi connectivity index (χ4v) is 4.56. The van der Waals surface area contributed by atoms with Gasteiger partial charge in [0.25, 0.3) is 0 Å². The Labute approximate surface area is 162 Å². The predicted octanol–water partition coefficient (Wildman–Crippen LogP) is 3.77. The molecule has 1 aliphatic rings. The Hall–Kier alpha value is -2.62. The molecule has 1 aromatic heterocycles. The van der Waals surface area contributed by atoms with Crippen LogP contribution in [-0.4, -0.2) is 24.2 Å². The van der Waals surface area contributed by atoms with E-state index >= 15 is 0 Å². The number of hydrogen-bond donors (Lipinski definition) is 2. The summed E-state index contributed by atoms with van der Waals surface area (Å²) in [5, 5.41) is 22.3. The van der Waals surface area contributed by atoms with E-state index in [1.54, 1.807) is 6.08 Å². The molecule has 0 aliphatic heterocycles. The molecule has 1 aliphatic carbocycles. The first-order valence-corrected chi connectivity index (χ1v) is 9.84. The summed E-state index contributed by atoms with van der Waals surface area (Å²) < 4.78 is 5.56. The third-order valence-corrected chi connectivity index (χ3v) is 5.78. The van der Waals surface area contributed by atoms with Crippen molar-refractivity contribution < 1.29 is 14.6 Å². The van der Waals surface area contributed by atoms with E-state index in [9.17, 15) is 15.2 Å². The zero-order valence-electron chi connectivity index (χ0n) is 15.2. The van der Waals surface area contributed by atoms with Crippen LogP contribution in [0.3, 0.4) is 0 Å². The maximum atomic E-state index is 12.4. The predicted molar refractivity (Wildman–Crippen MR) is 107 cm³/mol. The molecule has 2 aromatic rings. The van der Waals surface area contributed by atoms with Crippen molar-refractivity contribution >= 4 is 28.3 Å². The van der Waals surface area contributed by atoms with Gasteiger partial charge in [0, 0.05) is 23.1 Å². The first kappa shape index (κ1) is 19.2. The van der Waals surface area contributed by atoms with Crippen LogP contribution in [0.15, 0.2) is 30.3 Å². The van der Waals surface area contributed by atoms with Gasteiger partial charge in [0.2, 0.25) is 5.91 Å². The Bertz CT molecular complexity index is 895. The number of ether oxygens (including phenoxy) is 1. The van der Waals surface area contributed by atoms with E-state index in [0.29, 0.717) is 17.2 Å². The van der Waals surface area contributed by atoms with Crippen LogP contribution >= 0.6 is 11.3 Å². The zero-order valence-corrected chi connectivity index (χ0v) is 16.0. The maximum absolute atomic E-state index is 12.4. The number of amides is 1. The number of carbonyl (C=O) groups is 1. The highest BCUT2D eigenvalue weighted by Gasteiger charge is 2.25. The zero-order chi connectivity index (χ0) is 19.2. The van der Waals surface area contributed by atoms with E-state index in [0.717, 1.165) is 41.0 Å². The minimum atomic E-state index is -0.282. The average molecular weight is 382 g/mol. The molecule has 5 nitrogen and oxygen atoms in total. The minimum absolute atomic E-state index is 0.156. The van der Waals surface area contributed by atoms with Crippen LogP contribution < -0.4 is 10.1 Å². The molecule has 1 atom stereocenters. The first-order valence-electron chi connectivity index (χ1n) is 9.02. The Balaban J connectivity index is 1.75. The molecule has 1 heterocycles. The van der Waals surface area contributed by atoms with Gasteiger partial charge in [-0.05, 0) is 49.8 Å². The van der Waals surface area contributed by atoms with Crippen molar-refractivity contribution in [3.63, 3.8) is 0 Å². The molecular weight excluding hydrogens is 360 g/mol. The fraction of sp³-hybridized carbons (Fsp3) is 0.333. The normalized spacial score (nSPS) is 16.0. The third kappa shape index (κ3) is 4.38. The number of benzene rings is 1. The molecule has 140 valence electrons. The molecule has 1 unspecified atom stereocenters. The lowest BCUT2D eigenvalue weighted by molar-refractivity contribution is -0.111. The minimum Gasteiger partial charge on any atom is -0.493 e. The number of nitrogens with one attached hydrogen (secondary N) is 1. The lowest BCUT2D eigenvalue weighted by Gasteiger charge is -2.19. The molecule has 0 fully saturated rings. The average Bonchev–Trinajstić information content (AvgIpc) is 3.03. The highest BCUT2D eigenvalue weighted by Crippen LogP contribution is 2.39. The standard InChI is InChI=1S/C21H22N2O3S/c1-2-26-18-6-4-3-5-15(18)8-10-20(25)23-21-17(12-22)16-9-7-14(13-24)11-19(16)27-21/h3-6,8,10,14,24H,2,7,9,11,13H2,1H3,(H,23,25)/b10-8+. The molecular formula is C21H22N2O3S. The van der Waals surface area contributed by atoms with Gasteiger partial charge in [-0.25, -0.2) is 0 Å². The third-order valence-electron chi connectivity index (χ3n) is 4.61. The summed E-state index contributed by atoms with van der Waals surface area (Å²) in [6.07, 6.45) is 5.57. The summed E-state index contributed by atoms with van der Waals surface area (Å²) in [6.45, 7) is 2.62. The van der Waals surface area contributed by atoms with Crippen molar-refractivity contribution in [2.24, 2.45) is 5.92 Å². The van der Waals surface area contributed by atoms with Gasteiger partial charge in [-0.1, -0.05) is 18.2 Å². The van der Waals surface area contributed by atoms with Crippen molar-refractivity contribution in [2.45, 2.75) is 26.2 Å². The number of nitriles is 1. The van der Waals surface area contributed by atoms with Crippen molar-refractivity contribution in [3.05, 3.63) is 51.9 Å². The van der Waals surface area contributed by atoms with Gasteiger partial charge < -0.3 is 15.2 Å². The number of nitrogens with zero attached hydrogens (tertiary/aromatic N) is 1. The first-order chi connectivity index (χ1) is 13.2. The molecule has 0 radical (unpaired) electrons. The van der Waals surface area contributed by atoms with Crippen LogP contribution in [0.25, 0.3) is 6.08 Å². The number of aliphatic hydroxyl groups excluding tert-OH is 1. The number of para-hydroxylation sites is 1. The van der Waals surface area contributed by atoms with Gasteiger partial charge in [-0.2, -0.15) is 5.26 Å². The quantitative estimate of drug-likeness (QED) is 0.745. The van der Waals surface area contributed by atoms with Crippen LogP contribution in [0, 0.1) is 17.2 Å². The number of hydrogen-bond acceptors (Lipinski definition) is 5. The van der Waals surface area contributed by atoms with Crippen molar-refractivity contribution in [2.75, 3.05) is 18.5 Å². The van der Waals surface area contributed by atoms with E-state index in [2.05, 4.69) is 11.4 Å². The van der Waals surface area contributed by atoms with Gasteiger partial charge in [0.05, 0.1) is 12.2 Å². The summed E-state index contributed by atoms with van der Waals surface area (Å²) in [6, 6.07) is 9.75. The number of carbonyl (C=O) groups excluding carboxylic acids is 1. The second kappa shape index (κ2) is 8.85. The maximum Gasteiger partial charge on any atom is 0.249 e. The smallest absolute Gasteiger partial charge is 0.249 e. The number of anilines is 1. The summed E-state index contributed by atoms with van der Waals surface area (Å²) >= 11 is 1.44. The second-order valence-electron chi connectivity index (χ2n) is 6.40. The van der Waals surface area contributed by atoms with E-state index in [1.807, 2.05) is 31.2 Å². The van der Waals surface area contributed by atoms with Crippen LogP contribution in [0.1, 0.15) is 34.9 Å². The fourth-order valence-electron chi connectivity index (χ4n) is 3.24. The summed E-state index contributed by atoms with van der Waals surface area (Å²) in [5.74, 6) is 0.680. The largest absolute Gasteiger partial charge is 0.493 e. The van der Waals surface area contributed by atoms with Crippen LogP contribution in [-0.2, 0) is 17.6 Å². The monoisotopic (exact) mass is 382 g/mol. The molecule has 2 N–H and O–H groups in total. The highest BCUT2D eigenvalue weighted by molar-refractivity contribution is 7.16. The topological polar surface area (TPSA) is 82.3 Å². The molecule has 27 heavy (non-hydrogen) atoms. The molecule has 3 rings (SSSR count). The summed E-state index contributed by atoms with van der Waals surface area (Å²) in [7, 11) is 0. The van der Waals surface area contributed by atoms with E-state index in [1.165, 1.54) is 17.4 Å². The van der Waals surface area contributed by atoms with Gasteiger partial charge in [0.1, 0.15) is 16.8 Å². The van der Waals surface area contributed by atoms with Gasteiger partial charge in [-0.15, -0.1) is 11.3 Å². The molecule has 0 spiro atoms. The lowest BCUT2D eigenvalue weighted by atomic mass is 9.88. The highest BCUT2D eigenvalue weighted by atomic mass is 32.1. The Kier molecular flexibility index (Phi) is 6.28. The molecule has 1 aromatic carbocycles. The van der Waals surface area contributed by atoms with E-state index < -0.39 is 0 Å². The van der Waals surface area contributed by atoms with Crippen LogP contribution in [0.2, 0.25) is 0 Å². The SMILES string of the molecule is CCOc1ccccc1/C=C/C(=O)Nc1sc2c(c1C#N)CCC(CO)C2. The molecule has 1 amide bonds. The Morgan fingerprint density at radius 3 is 3.04 bits per heavy atom. The molecule has 0 bridgehead atoms. The number of thiophene rings is 1. The number of aliphatic hydroxyl groups is 1. The van der Waals surface area contributed by atoms with Crippen molar-refractivity contribution in [1.82, 2.24) is 0 Å². The van der Waals surface area contributed by atoms with Gasteiger partial charge in [0.15, 0.2) is 0 Å². The summed E-state index contributed by atoms with van der Waals surface area (Å²) in [5.41, 5.74) is 2.40.